The van der Waals surface area contributed by atoms with Crippen LogP contribution in [0.1, 0.15) is 18.5 Å². The van der Waals surface area contributed by atoms with Crippen LogP contribution in [-0.4, -0.2) is 43.5 Å². The van der Waals surface area contributed by atoms with Crippen molar-refractivity contribution in [2.24, 2.45) is 5.92 Å². The third-order valence-corrected chi connectivity index (χ3v) is 5.61. The SMILES string of the molecule is CCN1C(=O)[C@@H]2[C@@H](ON(c3ccc(Cl)cc3)[C@H]2c2ccc(N(C)C)cc2)C1=O. The third kappa shape index (κ3) is 2.93. The molecular weight excluding hydrogens is 378 g/mol. The zero-order valence-electron chi connectivity index (χ0n) is 16.0. The number of carbonyl (C=O) groups is 2. The molecule has 2 aliphatic heterocycles. The van der Waals surface area contributed by atoms with Crippen molar-refractivity contribution in [2.75, 3.05) is 30.6 Å². The molecule has 0 saturated carbocycles. The molecule has 2 heterocycles. The summed E-state index contributed by atoms with van der Waals surface area (Å²) in [5.74, 6) is -1.03. The Bertz CT molecular complexity index is 898. The second-order valence-corrected chi connectivity index (χ2v) is 7.64. The van der Waals surface area contributed by atoms with Gasteiger partial charge in [-0.1, -0.05) is 23.7 Å². The molecule has 0 bridgehead atoms. The lowest BCUT2D eigenvalue weighted by molar-refractivity contribution is -0.142. The average molecular weight is 400 g/mol. The van der Waals surface area contributed by atoms with Gasteiger partial charge < -0.3 is 4.90 Å². The summed E-state index contributed by atoms with van der Waals surface area (Å²) in [6.07, 6.45) is -0.804. The van der Waals surface area contributed by atoms with Gasteiger partial charge in [-0.2, -0.15) is 0 Å². The Hall–Kier alpha value is -2.57. The molecule has 28 heavy (non-hydrogen) atoms. The molecule has 0 aromatic heterocycles. The van der Waals surface area contributed by atoms with Gasteiger partial charge in [-0.05, 0) is 48.9 Å². The Morgan fingerprint density at radius 2 is 1.64 bits per heavy atom. The van der Waals surface area contributed by atoms with Crippen molar-refractivity contribution in [1.82, 2.24) is 4.90 Å². The van der Waals surface area contributed by atoms with E-state index in [1.165, 1.54) is 4.90 Å². The molecule has 0 radical (unpaired) electrons. The number of imide groups is 1. The zero-order chi connectivity index (χ0) is 20.0. The van der Waals surface area contributed by atoms with Crippen LogP contribution in [0.4, 0.5) is 11.4 Å². The minimum atomic E-state index is -0.804. The number of benzene rings is 2. The van der Waals surface area contributed by atoms with E-state index in [-0.39, 0.29) is 11.8 Å². The molecule has 2 amide bonds. The van der Waals surface area contributed by atoms with Gasteiger partial charge in [-0.25, -0.2) is 5.06 Å². The van der Waals surface area contributed by atoms with Crippen molar-refractivity contribution < 1.29 is 14.4 Å². The van der Waals surface area contributed by atoms with Gasteiger partial charge in [0.2, 0.25) is 5.91 Å². The molecule has 0 N–H and O–H groups in total. The molecule has 146 valence electrons. The predicted molar refractivity (Wildman–Crippen MR) is 108 cm³/mol. The number of hydroxylamine groups is 1. The Labute approximate surface area is 169 Å². The van der Waals surface area contributed by atoms with Crippen molar-refractivity contribution in [1.29, 1.82) is 0 Å². The first kappa shape index (κ1) is 18.8. The summed E-state index contributed by atoms with van der Waals surface area (Å²) in [7, 11) is 3.95. The molecular formula is C21H22ClN3O3. The number of fused-ring (bicyclic) bond motifs is 1. The van der Waals surface area contributed by atoms with Crippen molar-refractivity contribution in [2.45, 2.75) is 19.1 Å². The maximum Gasteiger partial charge on any atom is 0.261 e. The highest BCUT2D eigenvalue weighted by atomic mass is 35.5. The maximum absolute atomic E-state index is 13.0. The fraction of sp³-hybridized carbons (Fsp3) is 0.333. The Morgan fingerprint density at radius 3 is 2.21 bits per heavy atom. The molecule has 0 spiro atoms. The number of halogens is 1. The molecule has 0 aliphatic carbocycles. The number of rotatable bonds is 4. The molecule has 6 nitrogen and oxygen atoms in total. The Kier molecular flexibility index (Phi) is 4.77. The van der Waals surface area contributed by atoms with E-state index in [1.54, 1.807) is 24.1 Å². The zero-order valence-corrected chi connectivity index (χ0v) is 16.8. The quantitative estimate of drug-likeness (QED) is 0.738. The Morgan fingerprint density at radius 1 is 1.00 bits per heavy atom. The first-order valence-electron chi connectivity index (χ1n) is 9.26. The van der Waals surface area contributed by atoms with Gasteiger partial charge in [-0.15, -0.1) is 0 Å². The summed E-state index contributed by atoms with van der Waals surface area (Å²) in [5, 5.41) is 2.29. The molecule has 4 rings (SSSR count). The molecule has 2 aromatic carbocycles. The number of hydrogen-bond donors (Lipinski definition) is 0. The highest BCUT2D eigenvalue weighted by Gasteiger charge is 2.59. The van der Waals surface area contributed by atoms with E-state index in [2.05, 4.69) is 0 Å². The van der Waals surface area contributed by atoms with Crippen LogP contribution in [-0.2, 0) is 14.4 Å². The van der Waals surface area contributed by atoms with Gasteiger partial charge in [0, 0.05) is 31.4 Å². The number of carbonyl (C=O) groups excluding carboxylic acids is 2. The first-order chi connectivity index (χ1) is 13.4. The smallest absolute Gasteiger partial charge is 0.261 e. The monoisotopic (exact) mass is 399 g/mol. The summed E-state index contributed by atoms with van der Waals surface area (Å²) in [4.78, 5) is 35.0. The van der Waals surface area contributed by atoms with Gasteiger partial charge in [0.1, 0.15) is 5.92 Å². The third-order valence-electron chi connectivity index (χ3n) is 5.36. The van der Waals surface area contributed by atoms with E-state index in [4.69, 9.17) is 16.4 Å². The minimum Gasteiger partial charge on any atom is -0.378 e. The lowest BCUT2D eigenvalue weighted by Crippen LogP contribution is -2.37. The normalized spacial score (nSPS) is 24.1. The number of anilines is 2. The summed E-state index contributed by atoms with van der Waals surface area (Å²) in [6.45, 7) is 2.15. The number of nitrogens with zero attached hydrogens (tertiary/aromatic N) is 3. The van der Waals surface area contributed by atoms with Gasteiger partial charge in [-0.3, -0.25) is 19.3 Å². The van der Waals surface area contributed by atoms with Crippen LogP contribution in [0.25, 0.3) is 0 Å². The summed E-state index contributed by atoms with van der Waals surface area (Å²) in [6, 6.07) is 14.8. The number of likely N-dealkylation sites (tertiary alicyclic amines) is 1. The largest absolute Gasteiger partial charge is 0.378 e. The van der Waals surface area contributed by atoms with Crippen LogP contribution < -0.4 is 9.96 Å². The van der Waals surface area contributed by atoms with E-state index in [0.29, 0.717) is 11.6 Å². The van der Waals surface area contributed by atoms with Crippen LogP contribution in [0.5, 0.6) is 0 Å². The average Bonchev–Trinajstić information content (AvgIpc) is 3.19. The minimum absolute atomic E-state index is 0.185. The fourth-order valence-corrected chi connectivity index (χ4v) is 4.03. The van der Waals surface area contributed by atoms with Crippen LogP contribution in [0, 0.1) is 5.92 Å². The molecule has 2 aliphatic rings. The maximum atomic E-state index is 13.0. The number of amides is 2. The lowest BCUT2D eigenvalue weighted by atomic mass is 9.90. The van der Waals surface area contributed by atoms with E-state index < -0.39 is 18.1 Å². The van der Waals surface area contributed by atoms with Crippen molar-refractivity contribution in [3.05, 3.63) is 59.1 Å². The Balaban J connectivity index is 1.77. The van der Waals surface area contributed by atoms with Crippen molar-refractivity contribution in [3.8, 4) is 0 Å². The lowest BCUT2D eigenvalue weighted by Gasteiger charge is -2.29. The van der Waals surface area contributed by atoms with E-state index in [9.17, 15) is 9.59 Å². The fourth-order valence-electron chi connectivity index (χ4n) is 3.90. The van der Waals surface area contributed by atoms with Crippen LogP contribution in [0.15, 0.2) is 48.5 Å². The predicted octanol–water partition coefficient (Wildman–Crippen LogP) is 3.27. The van der Waals surface area contributed by atoms with Crippen molar-refractivity contribution >= 4 is 34.8 Å². The number of likely N-dealkylation sites (N-methyl/N-ethyl adjacent to an activating group) is 1. The van der Waals surface area contributed by atoms with Gasteiger partial charge in [0.05, 0.1) is 11.7 Å². The second-order valence-electron chi connectivity index (χ2n) is 7.21. The summed E-state index contributed by atoms with van der Waals surface area (Å²) >= 11 is 6.02. The molecule has 7 heteroatoms. The summed E-state index contributed by atoms with van der Waals surface area (Å²) in [5.41, 5.74) is 2.73. The molecule has 2 saturated heterocycles. The van der Waals surface area contributed by atoms with Crippen LogP contribution >= 0.6 is 11.6 Å². The van der Waals surface area contributed by atoms with Gasteiger partial charge in [0.15, 0.2) is 6.10 Å². The first-order valence-corrected chi connectivity index (χ1v) is 9.64. The molecule has 2 aromatic rings. The topological polar surface area (TPSA) is 53.1 Å². The van der Waals surface area contributed by atoms with Crippen LogP contribution in [0.2, 0.25) is 5.02 Å². The highest BCUT2D eigenvalue weighted by molar-refractivity contribution is 6.30. The van der Waals surface area contributed by atoms with E-state index >= 15 is 0 Å². The van der Waals surface area contributed by atoms with Crippen LogP contribution in [0.3, 0.4) is 0 Å². The number of hydrogen-bond acceptors (Lipinski definition) is 5. The van der Waals surface area contributed by atoms with E-state index in [1.807, 2.05) is 55.4 Å². The molecule has 3 atom stereocenters. The molecule has 0 unspecified atom stereocenters. The highest BCUT2D eigenvalue weighted by Crippen LogP contribution is 2.46. The summed E-state index contributed by atoms with van der Waals surface area (Å²) < 4.78 is 0. The molecule has 2 fully saturated rings. The second kappa shape index (κ2) is 7.11. The van der Waals surface area contributed by atoms with Gasteiger partial charge >= 0.3 is 0 Å². The van der Waals surface area contributed by atoms with E-state index in [0.717, 1.165) is 16.9 Å². The van der Waals surface area contributed by atoms with Crippen molar-refractivity contribution in [3.63, 3.8) is 0 Å². The van der Waals surface area contributed by atoms with Gasteiger partial charge in [0.25, 0.3) is 5.91 Å². The standard InChI is InChI=1S/C21H22ClN3O3/c1-4-24-20(26)17-18(13-5-9-15(10-6-13)23(2)3)25(28-19(17)21(24)27)16-11-7-14(22)8-12-16/h5-12,17-19H,4H2,1-3H3/t17-,18-,19+/m0/s1.